The van der Waals surface area contributed by atoms with Gasteiger partial charge < -0.3 is 5.11 Å². The number of halogens is 4. The first kappa shape index (κ1) is 13.5. The molecule has 0 unspecified atom stereocenters. The second-order valence-electron chi connectivity index (χ2n) is 4.24. The molecule has 0 aliphatic rings. The van der Waals surface area contributed by atoms with Crippen LogP contribution < -0.4 is 0 Å². The highest BCUT2D eigenvalue weighted by atomic mass is 79.9. The van der Waals surface area contributed by atoms with E-state index >= 15 is 0 Å². The van der Waals surface area contributed by atoms with Crippen LogP contribution in [0.5, 0.6) is 0 Å². The summed E-state index contributed by atoms with van der Waals surface area (Å²) in [5, 5.41) is 9.37. The van der Waals surface area contributed by atoms with Crippen molar-refractivity contribution in [3.05, 3.63) is 33.5 Å². The van der Waals surface area contributed by atoms with Gasteiger partial charge in [-0.25, -0.2) is 4.39 Å². The third-order valence-electron chi connectivity index (χ3n) is 2.28. The summed E-state index contributed by atoms with van der Waals surface area (Å²) in [5.41, 5.74) is -2.62. The van der Waals surface area contributed by atoms with E-state index in [1.54, 1.807) is 6.92 Å². The molecule has 1 N–H and O–H groups in total. The van der Waals surface area contributed by atoms with Crippen molar-refractivity contribution in [3.63, 3.8) is 0 Å². The lowest BCUT2D eigenvalue weighted by Crippen LogP contribution is -2.41. The molecular weight excluding hydrogens is 285 g/mol. The van der Waals surface area contributed by atoms with Gasteiger partial charge in [-0.15, -0.1) is 0 Å². The number of aryl methyl sites for hydroxylation is 1. The summed E-state index contributed by atoms with van der Waals surface area (Å²) in [6, 6.07) is 2.44. The van der Waals surface area contributed by atoms with Gasteiger partial charge in [0.15, 0.2) is 0 Å². The summed E-state index contributed by atoms with van der Waals surface area (Å²) in [5.74, 6) is -4.69. The lowest BCUT2D eigenvalue weighted by Gasteiger charge is -2.29. The Labute approximate surface area is 100 Å². The van der Waals surface area contributed by atoms with Crippen LogP contribution in [0.2, 0.25) is 0 Å². The molecule has 0 bridgehead atoms. The molecule has 0 fully saturated rings. The molecule has 0 atom stereocenters. The smallest absolute Gasteiger partial charge is 0.303 e. The Morgan fingerprint density at radius 3 is 2.19 bits per heavy atom. The first-order chi connectivity index (χ1) is 7.07. The van der Waals surface area contributed by atoms with Crippen molar-refractivity contribution in [2.24, 2.45) is 0 Å². The molecule has 1 nitrogen and oxygen atoms in total. The Morgan fingerprint density at radius 1 is 1.25 bits per heavy atom. The van der Waals surface area contributed by atoms with Crippen molar-refractivity contribution in [1.82, 2.24) is 0 Å². The highest BCUT2D eigenvalue weighted by Gasteiger charge is 2.49. The van der Waals surface area contributed by atoms with Crippen molar-refractivity contribution >= 4 is 15.9 Å². The molecule has 1 aromatic rings. The first-order valence-electron chi connectivity index (χ1n) is 4.63. The van der Waals surface area contributed by atoms with Crippen molar-refractivity contribution in [1.29, 1.82) is 0 Å². The van der Waals surface area contributed by atoms with E-state index in [2.05, 4.69) is 15.9 Å². The molecule has 1 aromatic carbocycles. The Balaban J connectivity index is 3.44. The highest BCUT2D eigenvalue weighted by Crippen LogP contribution is 2.41. The van der Waals surface area contributed by atoms with Gasteiger partial charge in [-0.3, -0.25) is 0 Å². The average Bonchev–Trinajstić information content (AvgIpc) is 2.09. The fraction of sp³-hybridized carbons (Fsp3) is 0.455. The largest absolute Gasteiger partial charge is 0.384 e. The Morgan fingerprint density at radius 2 is 1.75 bits per heavy atom. The number of hydrogen-bond acceptors (Lipinski definition) is 1. The second kappa shape index (κ2) is 4.04. The Kier molecular flexibility index (Phi) is 3.41. The zero-order valence-electron chi connectivity index (χ0n) is 9.11. The van der Waals surface area contributed by atoms with Gasteiger partial charge in [-0.1, -0.05) is 0 Å². The van der Waals surface area contributed by atoms with Crippen molar-refractivity contribution in [3.8, 4) is 0 Å². The lowest BCUT2D eigenvalue weighted by molar-refractivity contribution is -0.170. The molecule has 5 heteroatoms. The molecule has 0 aromatic heterocycles. The van der Waals surface area contributed by atoms with Crippen LogP contribution in [0.25, 0.3) is 0 Å². The summed E-state index contributed by atoms with van der Waals surface area (Å²) in [6.07, 6.45) is 0. The highest BCUT2D eigenvalue weighted by molar-refractivity contribution is 9.10. The van der Waals surface area contributed by atoms with E-state index in [1.165, 1.54) is 6.07 Å². The van der Waals surface area contributed by atoms with Gasteiger partial charge >= 0.3 is 5.92 Å². The van der Waals surface area contributed by atoms with Crippen LogP contribution in [-0.4, -0.2) is 10.7 Å². The first-order valence-corrected chi connectivity index (χ1v) is 5.43. The zero-order valence-corrected chi connectivity index (χ0v) is 10.7. The molecule has 0 amide bonds. The van der Waals surface area contributed by atoms with Crippen molar-refractivity contribution in [2.45, 2.75) is 32.3 Å². The number of benzene rings is 1. The van der Waals surface area contributed by atoms with Crippen LogP contribution in [0.1, 0.15) is 25.0 Å². The van der Waals surface area contributed by atoms with Gasteiger partial charge in [0.1, 0.15) is 11.4 Å². The van der Waals surface area contributed by atoms with Gasteiger partial charge in [0.2, 0.25) is 0 Å². The monoisotopic (exact) mass is 296 g/mol. The maximum absolute atomic E-state index is 13.8. The van der Waals surface area contributed by atoms with Crippen LogP contribution in [0.15, 0.2) is 16.6 Å². The van der Waals surface area contributed by atoms with Crippen LogP contribution in [0.4, 0.5) is 13.2 Å². The van der Waals surface area contributed by atoms with Gasteiger partial charge in [-0.05, 0) is 54.4 Å². The molecule has 0 spiro atoms. The normalized spacial score (nSPS) is 13.0. The van der Waals surface area contributed by atoms with E-state index in [4.69, 9.17) is 0 Å². The van der Waals surface area contributed by atoms with E-state index in [-0.39, 0.29) is 4.47 Å². The molecule has 90 valence electrons. The summed E-state index contributed by atoms with van der Waals surface area (Å²) < 4.78 is 41.1. The minimum atomic E-state index is -3.65. The zero-order chi connectivity index (χ0) is 12.7. The average molecular weight is 297 g/mol. The lowest BCUT2D eigenvalue weighted by atomic mass is 9.92. The molecule has 0 saturated heterocycles. The topological polar surface area (TPSA) is 20.2 Å². The molecule has 0 radical (unpaired) electrons. The van der Waals surface area contributed by atoms with Gasteiger partial charge in [0, 0.05) is 0 Å². The third kappa shape index (κ3) is 2.25. The quantitative estimate of drug-likeness (QED) is 0.881. The number of rotatable bonds is 2. The summed E-state index contributed by atoms with van der Waals surface area (Å²) in [6.45, 7) is 3.47. The Bertz CT molecular complexity index is 410. The van der Waals surface area contributed by atoms with E-state index in [0.29, 0.717) is 5.56 Å². The van der Waals surface area contributed by atoms with Gasteiger partial charge in [0.25, 0.3) is 0 Å². The number of alkyl halides is 2. The molecule has 1 rings (SSSR count). The number of hydrogen-bond donors (Lipinski definition) is 1. The van der Waals surface area contributed by atoms with Crippen LogP contribution in [-0.2, 0) is 5.92 Å². The minimum absolute atomic E-state index is 0.0357. The minimum Gasteiger partial charge on any atom is -0.384 e. The predicted molar refractivity (Wildman–Crippen MR) is 59.0 cm³/mol. The van der Waals surface area contributed by atoms with Gasteiger partial charge in [0.05, 0.1) is 10.0 Å². The van der Waals surface area contributed by atoms with E-state index in [1.807, 2.05) is 0 Å². The molecule has 0 saturated carbocycles. The maximum atomic E-state index is 13.8. The molecule has 0 aliphatic heterocycles. The standard InChI is InChI=1S/C11H12BrF3O/c1-6-4-7(9(13)8(12)5-6)11(14,15)10(2,3)16/h4-5,16H,1-3H3. The molecule has 0 aliphatic carbocycles. The predicted octanol–water partition coefficient (Wildman–Crippen LogP) is 3.76. The summed E-state index contributed by atoms with van der Waals surface area (Å²) in [4.78, 5) is 0. The van der Waals surface area contributed by atoms with Crippen LogP contribution in [0, 0.1) is 12.7 Å². The van der Waals surface area contributed by atoms with E-state index in [9.17, 15) is 18.3 Å². The van der Waals surface area contributed by atoms with Crippen LogP contribution in [0.3, 0.4) is 0 Å². The van der Waals surface area contributed by atoms with Crippen LogP contribution >= 0.6 is 15.9 Å². The Hall–Kier alpha value is -0.550. The third-order valence-corrected chi connectivity index (χ3v) is 2.86. The van der Waals surface area contributed by atoms with Crippen molar-refractivity contribution < 1.29 is 18.3 Å². The number of aliphatic hydroxyl groups is 1. The summed E-state index contributed by atoms with van der Waals surface area (Å²) >= 11 is 2.87. The maximum Gasteiger partial charge on any atom is 0.303 e. The summed E-state index contributed by atoms with van der Waals surface area (Å²) in [7, 11) is 0. The molecule has 16 heavy (non-hydrogen) atoms. The van der Waals surface area contributed by atoms with E-state index < -0.39 is 22.9 Å². The fourth-order valence-electron chi connectivity index (χ4n) is 1.28. The van der Waals surface area contributed by atoms with Gasteiger partial charge in [-0.2, -0.15) is 8.78 Å². The van der Waals surface area contributed by atoms with Crippen molar-refractivity contribution in [2.75, 3.05) is 0 Å². The SMILES string of the molecule is Cc1cc(Br)c(F)c(C(F)(F)C(C)(C)O)c1. The van der Waals surface area contributed by atoms with E-state index in [0.717, 1.165) is 19.9 Å². The fourth-order valence-corrected chi connectivity index (χ4v) is 1.86. The molecule has 0 heterocycles. The molecular formula is C11H12BrF3O. The second-order valence-corrected chi connectivity index (χ2v) is 5.10.